The molecule has 37 heavy (non-hydrogen) atoms. The van der Waals surface area contributed by atoms with E-state index in [0.29, 0.717) is 5.56 Å². The number of hydrogen-bond acceptors (Lipinski definition) is 5. The van der Waals surface area contributed by atoms with Crippen LogP contribution in [0, 0.1) is 11.7 Å². The molecule has 0 amide bonds. The molecule has 0 fully saturated rings. The SMILES string of the molecule is CCCCC(CC)CCc1ccc(-c2ccc(-c3ccc(-c4ccc(N)cc4)c4nsnc34)s2)c(F)c1. The topological polar surface area (TPSA) is 51.8 Å². The average Bonchev–Trinajstić information content (AvgIpc) is 3.60. The van der Waals surface area contributed by atoms with Gasteiger partial charge >= 0.3 is 0 Å². The summed E-state index contributed by atoms with van der Waals surface area (Å²) in [4.78, 5) is 1.98. The zero-order chi connectivity index (χ0) is 25.8. The van der Waals surface area contributed by atoms with Gasteiger partial charge in [0.15, 0.2) is 0 Å². The minimum atomic E-state index is -0.147. The third-order valence-corrected chi connectivity index (χ3v) is 8.87. The summed E-state index contributed by atoms with van der Waals surface area (Å²) < 4.78 is 24.4. The van der Waals surface area contributed by atoms with Crippen molar-refractivity contribution in [1.82, 2.24) is 8.75 Å². The lowest BCUT2D eigenvalue weighted by Crippen LogP contribution is -2.01. The van der Waals surface area contributed by atoms with Crippen molar-refractivity contribution in [2.75, 3.05) is 5.73 Å². The molecule has 190 valence electrons. The number of hydrogen-bond donors (Lipinski definition) is 1. The predicted octanol–water partition coefficient (Wildman–Crippen LogP) is 9.62. The van der Waals surface area contributed by atoms with E-state index in [1.807, 2.05) is 36.4 Å². The van der Waals surface area contributed by atoms with Gasteiger partial charge in [0.25, 0.3) is 0 Å². The van der Waals surface area contributed by atoms with Crippen LogP contribution in [0.3, 0.4) is 0 Å². The molecule has 3 aromatic carbocycles. The second kappa shape index (κ2) is 11.5. The normalized spacial score (nSPS) is 12.3. The summed E-state index contributed by atoms with van der Waals surface area (Å²) in [7, 11) is 0. The Morgan fingerprint density at radius 1 is 0.811 bits per heavy atom. The second-order valence-corrected chi connectivity index (χ2v) is 11.3. The number of aromatic nitrogens is 2. The van der Waals surface area contributed by atoms with Crippen LogP contribution in [0.15, 0.2) is 66.7 Å². The van der Waals surface area contributed by atoms with E-state index in [-0.39, 0.29) is 5.82 Å². The number of fused-ring (bicyclic) bond motifs is 1. The molecular weight excluding hydrogens is 497 g/mol. The highest BCUT2D eigenvalue weighted by molar-refractivity contribution is 7.19. The molecule has 0 aliphatic heterocycles. The van der Waals surface area contributed by atoms with Crippen molar-refractivity contribution in [2.24, 2.45) is 5.92 Å². The molecule has 5 rings (SSSR count). The Balaban J connectivity index is 1.38. The van der Waals surface area contributed by atoms with E-state index in [2.05, 4.69) is 46.9 Å². The quantitative estimate of drug-likeness (QED) is 0.183. The highest BCUT2D eigenvalue weighted by Gasteiger charge is 2.16. The molecule has 0 spiro atoms. The van der Waals surface area contributed by atoms with Gasteiger partial charge in [-0.15, -0.1) is 11.3 Å². The average molecular weight is 530 g/mol. The Morgan fingerprint density at radius 3 is 2.19 bits per heavy atom. The Hall–Kier alpha value is -3.09. The number of rotatable bonds is 10. The Kier molecular flexibility index (Phi) is 7.96. The van der Waals surface area contributed by atoms with Crippen LogP contribution in [0.1, 0.15) is 51.5 Å². The molecule has 0 saturated heterocycles. The van der Waals surface area contributed by atoms with Gasteiger partial charge in [0.05, 0.1) is 11.7 Å². The van der Waals surface area contributed by atoms with Gasteiger partial charge in [-0.1, -0.05) is 75.9 Å². The van der Waals surface area contributed by atoms with Gasteiger partial charge in [-0.25, -0.2) is 4.39 Å². The standard InChI is InChI=1S/C31H32FN3S2/c1-3-5-6-20(4-2)7-8-21-9-14-25(27(32)19-21)28-17-18-29(36-28)26-16-15-24(30-31(26)35-37-34-30)22-10-12-23(33)13-11-22/h9-20H,3-8,33H2,1-2H3. The van der Waals surface area contributed by atoms with Crippen LogP contribution in [-0.2, 0) is 6.42 Å². The van der Waals surface area contributed by atoms with Crippen LogP contribution in [0.4, 0.5) is 10.1 Å². The Bertz CT molecular complexity index is 1490. The molecule has 2 N–H and O–H groups in total. The first-order valence-electron chi connectivity index (χ1n) is 13.1. The number of aryl methyl sites for hydroxylation is 1. The summed E-state index contributed by atoms with van der Waals surface area (Å²) >= 11 is 2.81. The van der Waals surface area contributed by atoms with E-state index in [1.165, 1.54) is 37.4 Å². The van der Waals surface area contributed by atoms with Crippen molar-refractivity contribution in [1.29, 1.82) is 0 Å². The Labute approximate surface area is 226 Å². The molecule has 2 heterocycles. The highest BCUT2D eigenvalue weighted by Crippen LogP contribution is 2.40. The molecule has 3 nitrogen and oxygen atoms in total. The van der Waals surface area contributed by atoms with Crippen molar-refractivity contribution in [3.05, 3.63) is 78.1 Å². The van der Waals surface area contributed by atoms with Crippen molar-refractivity contribution in [2.45, 2.75) is 52.4 Å². The zero-order valence-corrected chi connectivity index (χ0v) is 23.0. The van der Waals surface area contributed by atoms with E-state index >= 15 is 4.39 Å². The molecule has 0 bridgehead atoms. The van der Waals surface area contributed by atoms with Gasteiger partial charge in [0.2, 0.25) is 0 Å². The maximum Gasteiger partial charge on any atom is 0.132 e. The molecule has 2 aromatic heterocycles. The first-order valence-corrected chi connectivity index (χ1v) is 14.6. The summed E-state index contributed by atoms with van der Waals surface area (Å²) in [5.74, 6) is 0.581. The third-order valence-electron chi connectivity index (χ3n) is 7.19. The van der Waals surface area contributed by atoms with Crippen LogP contribution in [0.2, 0.25) is 0 Å². The summed E-state index contributed by atoms with van der Waals surface area (Å²) in [5.41, 5.74) is 13.2. The predicted molar refractivity (Wildman–Crippen MR) is 158 cm³/mol. The smallest absolute Gasteiger partial charge is 0.132 e. The zero-order valence-electron chi connectivity index (χ0n) is 21.3. The van der Waals surface area contributed by atoms with Gasteiger partial charge in [-0.05, 0) is 60.2 Å². The van der Waals surface area contributed by atoms with Crippen LogP contribution in [0.5, 0.6) is 0 Å². The van der Waals surface area contributed by atoms with Crippen LogP contribution in [0.25, 0.3) is 43.0 Å². The number of benzene rings is 3. The highest BCUT2D eigenvalue weighted by atomic mass is 32.1. The summed E-state index contributed by atoms with van der Waals surface area (Å²) in [6.07, 6.45) is 7.04. The number of unbranched alkanes of at least 4 members (excludes halogenated alkanes) is 1. The van der Waals surface area contributed by atoms with Crippen LogP contribution >= 0.6 is 23.1 Å². The van der Waals surface area contributed by atoms with Crippen molar-refractivity contribution >= 4 is 39.8 Å². The molecule has 0 radical (unpaired) electrons. The monoisotopic (exact) mass is 529 g/mol. The van der Waals surface area contributed by atoms with E-state index < -0.39 is 0 Å². The molecule has 5 aromatic rings. The lowest BCUT2D eigenvalue weighted by Gasteiger charge is -2.14. The third kappa shape index (κ3) is 5.60. The maximum absolute atomic E-state index is 15.2. The molecule has 0 aliphatic rings. The van der Waals surface area contributed by atoms with Crippen molar-refractivity contribution in [3.8, 4) is 32.0 Å². The lowest BCUT2D eigenvalue weighted by molar-refractivity contribution is 0.421. The molecule has 1 atom stereocenters. The minimum Gasteiger partial charge on any atom is -0.399 e. The number of anilines is 1. The first-order chi connectivity index (χ1) is 18.1. The number of nitrogens with zero attached hydrogens (tertiary/aromatic N) is 2. The maximum atomic E-state index is 15.2. The van der Waals surface area contributed by atoms with Gasteiger partial charge in [0.1, 0.15) is 16.9 Å². The van der Waals surface area contributed by atoms with Crippen molar-refractivity contribution in [3.63, 3.8) is 0 Å². The van der Waals surface area contributed by atoms with E-state index in [1.54, 1.807) is 17.4 Å². The van der Waals surface area contributed by atoms with E-state index in [4.69, 9.17) is 5.73 Å². The summed E-state index contributed by atoms with van der Waals surface area (Å²) in [6, 6.07) is 21.8. The molecule has 6 heteroatoms. The lowest BCUT2D eigenvalue weighted by atomic mass is 9.92. The molecular formula is C31H32FN3S2. The summed E-state index contributed by atoms with van der Waals surface area (Å²) in [6.45, 7) is 4.50. The fourth-order valence-corrected chi connectivity index (χ4v) is 6.55. The molecule has 1 unspecified atom stereocenters. The fourth-order valence-electron chi connectivity index (χ4n) is 4.92. The number of halogens is 1. The Morgan fingerprint density at radius 2 is 1.49 bits per heavy atom. The molecule has 0 aliphatic carbocycles. The fraction of sp³-hybridized carbons (Fsp3) is 0.290. The summed E-state index contributed by atoms with van der Waals surface area (Å²) in [5, 5.41) is 0. The van der Waals surface area contributed by atoms with Crippen molar-refractivity contribution < 1.29 is 4.39 Å². The minimum absolute atomic E-state index is 0.147. The number of thiophene rings is 1. The van der Waals surface area contributed by atoms with Gasteiger partial charge in [-0.2, -0.15) is 8.75 Å². The molecule has 0 saturated carbocycles. The van der Waals surface area contributed by atoms with Gasteiger partial charge < -0.3 is 5.73 Å². The second-order valence-electron chi connectivity index (χ2n) is 9.68. The van der Waals surface area contributed by atoms with E-state index in [0.717, 1.165) is 67.5 Å². The van der Waals surface area contributed by atoms with Crippen LogP contribution < -0.4 is 5.73 Å². The van der Waals surface area contributed by atoms with Gasteiger partial charge in [0, 0.05) is 32.1 Å². The number of nitrogens with two attached hydrogens (primary N) is 1. The largest absolute Gasteiger partial charge is 0.399 e. The number of nitrogen functional groups attached to an aromatic ring is 1. The van der Waals surface area contributed by atoms with Crippen LogP contribution in [-0.4, -0.2) is 8.75 Å². The van der Waals surface area contributed by atoms with Gasteiger partial charge in [-0.3, -0.25) is 0 Å². The van der Waals surface area contributed by atoms with E-state index in [9.17, 15) is 0 Å². The first kappa shape index (κ1) is 25.6.